The van der Waals surface area contributed by atoms with Crippen molar-refractivity contribution in [2.75, 3.05) is 19.8 Å². The molecule has 3 rings (SSSR count). The molecule has 0 saturated carbocycles. The van der Waals surface area contributed by atoms with E-state index < -0.39 is 24.2 Å². The molecule has 0 radical (unpaired) electrons. The predicted molar refractivity (Wildman–Crippen MR) is 103 cm³/mol. The number of phenols is 2. The van der Waals surface area contributed by atoms with Crippen LogP contribution in [0.4, 0.5) is 0 Å². The van der Waals surface area contributed by atoms with E-state index >= 15 is 0 Å². The van der Waals surface area contributed by atoms with Crippen molar-refractivity contribution in [1.82, 2.24) is 5.32 Å². The molecule has 2 aromatic rings. The number of rotatable bonds is 6. The Hall–Kier alpha value is -3.42. The number of aromatic hydroxyl groups is 2. The molecule has 0 spiro atoms. The van der Waals surface area contributed by atoms with Crippen LogP contribution in [0.3, 0.4) is 0 Å². The van der Waals surface area contributed by atoms with Crippen LogP contribution in [0.25, 0.3) is 0 Å². The number of carbonyl (C=O) groups excluding carboxylic acids is 2. The predicted octanol–water partition coefficient (Wildman–Crippen LogP) is 2.54. The minimum absolute atomic E-state index is 0.0679. The van der Waals surface area contributed by atoms with E-state index in [1.165, 1.54) is 12.1 Å². The maximum atomic E-state index is 12.3. The third-order valence-electron chi connectivity index (χ3n) is 4.44. The fraction of sp³-hybridized carbons (Fsp3) is 0.333. The molecule has 1 atom stereocenters. The second-order valence-corrected chi connectivity index (χ2v) is 6.97. The number of hydrogen-bond acceptors (Lipinski definition) is 7. The Morgan fingerprint density at radius 1 is 1.07 bits per heavy atom. The van der Waals surface area contributed by atoms with Crippen LogP contribution < -0.4 is 14.8 Å². The van der Waals surface area contributed by atoms with Crippen molar-refractivity contribution in [3.63, 3.8) is 0 Å². The molecule has 0 aromatic heterocycles. The van der Waals surface area contributed by atoms with Crippen molar-refractivity contribution >= 4 is 11.9 Å². The molecule has 0 fully saturated rings. The zero-order valence-electron chi connectivity index (χ0n) is 16.2. The van der Waals surface area contributed by atoms with E-state index in [1.54, 1.807) is 6.07 Å². The highest BCUT2D eigenvalue weighted by atomic mass is 16.6. The normalized spacial score (nSPS) is 13.6. The molecule has 0 saturated heterocycles. The van der Waals surface area contributed by atoms with Gasteiger partial charge in [-0.1, -0.05) is 19.9 Å². The standard InChI is InChI=1S/C21H23NO7/c1-12(2)20(13-3-6-17-18(9-13)28-8-7-27-17)22-19(25)11-29-21(26)15-5-4-14(23)10-16(15)24/h3-6,9-10,12,20,23-24H,7-8,11H2,1-2H3,(H,22,25). The summed E-state index contributed by atoms with van der Waals surface area (Å²) in [4.78, 5) is 24.4. The number of esters is 1. The first-order valence-corrected chi connectivity index (χ1v) is 9.23. The van der Waals surface area contributed by atoms with Crippen LogP contribution in [-0.4, -0.2) is 41.9 Å². The summed E-state index contributed by atoms with van der Waals surface area (Å²) in [6.07, 6.45) is 0. The van der Waals surface area contributed by atoms with Gasteiger partial charge in [0, 0.05) is 6.07 Å². The van der Waals surface area contributed by atoms with Crippen LogP contribution in [0.2, 0.25) is 0 Å². The van der Waals surface area contributed by atoms with Gasteiger partial charge in [0.05, 0.1) is 6.04 Å². The van der Waals surface area contributed by atoms with Gasteiger partial charge in [-0.3, -0.25) is 4.79 Å². The zero-order chi connectivity index (χ0) is 21.0. The highest BCUT2D eigenvalue weighted by Gasteiger charge is 2.22. The lowest BCUT2D eigenvalue weighted by molar-refractivity contribution is -0.125. The van der Waals surface area contributed by atoms with Crippen LogP contribution in [0, 0.1) is 5.92 Å². The van der Waals surface area contributed by atoms with Gasteiger partial charge in [0.1, 0.15) is 30.3 Å². The van der Waals surface area contributed by atoms with Crippen molar-refractivity contribution in [3.05, 3.63) is 47.5 Å². The SMILES string of the molecule is CC(C)C(NC(=O)COC(=O)c1ccc(O)cc1O)c1ccc2c(c1)OCCO2. The van der Waals surface area contributed by atoms with Crippen LogP contribution >= 0.6 is 0 Å². The lowest BCUT2D eigenvalue weighted by Gasteiger charge is -2.25. The summed E-state index contributed by atoms with van der Waals surface area (Å²) in [5.41, 5.74) is 0.711. The Labute approximate surface area is 168 Å². The number of ether oxygens (including phenoxy) is 3. The number of hydrogen-bond donors (Lipinski definition) is 3. The molecule has 0 aliphatic carbocycles. The first kappa shape index (κ1) is 20.3. The van der Waals surface area contributed by atoms with Gasteiger partial charge < -0.3 is 29.7 Å². The van der Waals surface area contributed by atoms with Crippen molar-refractivity contribution in [2.24, 2.45) is 5.92 Å². The number of benzene rings is 2. The maximum absolute atomic E-state index is 12.3. The molecule has 8 nitrogen and oxygen atoms in total. The molecule has 0 bridgehead atoms. The van der Waals surface area contributed by atoms with E-state index in [4.69, 9.17) is 14.2 Å². The first-order valence-electron chi connectivity index (χ1n) is 9.23. The van der Waals surface area contributed by atoms with E-state index in [2.05, 4.69) is 5.32 Å². The molecule has 2 aromatic carbocycles. The van der Waals surface area contributed by atoms with E-state index in [9.17, 15) is 19.8 Å². The second kappa shape index (κ2) is 8.72. The van der Waals surface area contributed by atoms with Gasteiger partial charge in [0.25, 0.3) is 5.91 Å². The minimum Gasteiger partial charge on any atom is -0.508 e. The molecule has 1 unspecified atom stereocenters. The topological polar surface area (TPSA) is 114 Å². The molecule has 3 N–H and O–H groups in total. The molecule has 1 amide bonds. The Morgan fingerprint density at radius 3 is 2.48 bits per heavy atom. The summed E-state index contributed by atoms with van der Waals surface area (Å²) < 4.78 is 16.1. The highest BCUT2D eigenvalue weighted by Crippen LogP contribution is 2.34. The number of amides is 1. The monoisotopic (exact) mass is 401 g/mol. The number of phenolic OH excluding ortho intramolecular Hbond substituents is 2. The van der Waals surface area contributed by atoms with Gasteiger partial charge in [0.15, 0.2) is 18.1 Å². The number of nitrogens with one attached hydrogen (secondary N) is 1. The zero-order valence-corrected chi connectivity index (χ0v) is 16.2. The first-order chi connectivity index (χ1) is 13.8. The van der Waals surface area contributed by atoms with Gasteiger partial charge in [-0.25, -0.2) is 4.79 Å². The summed E-state index contributed by atoms with van der Waals surface area (Å²) in [6.45, 7) is 4.38. The van der Waals surface area contributed by atoms with Gasteiger partial charge in [-0.05, 0) is 35.7 Å². The largest absolute Gasteiger partial charge is 0.508 e. The Bertz CT molecular complexity index is 910. The highest BCUT2D eigenvalue weighted by molar-refractivity contribution is 5.94. The quantitative estimate of drug-likeness (QED) is 0.637. The summed E-state index contributed by atoms with van der Waals surface area (Å²) in [5, 5.41) is 21.8. The lowest BCUT2D eigenvalue weighted by atomic mass is 9.95. The second-order valence-electron chi connectivity index (χ2n) is 6.97. The lowest BCUT2D eigenvalue weighted by Crippen LogP contribution is -2.35. The van der Waals surface area contributed by atoms with Crippen LogP contribution in [0.5, 0.6) is 23.0 Å². The van der Waals surface area contributed by atoms with E-state index in [1.807, 2.05) is 26.0 Å². The molecule has 154 valence electrons. The van der Waals surface area contributed by atoms with E-state index in [0.717, 1.165) is 11.6 Å². The van der Waals surface area contributed by atoms with Crippen LogP contribution in [0.1, 0.15) is 35.8 Å². The van der Waals surface area contributed by atoms with Crippen LogP contribution in [-0.2, 0) is 9.53 Å². The Balaban J connectivity index is 1.63. The van der Waals surface area contributed by atoms with Crippen LogP contribution in [0.15, 0.2) is 36.4 Å². The van der Waals surface area contributed by atoms with Gasteiger partial charge in [0.2, 0.25) is 0 Å². The average Bonchev–Trinajstić information content (AvgIpc) is 2.69. The van der Waals surface area contributed by atoms with Gasteiger partial charge >= 0.3 is 5.97 Å². The molecular weight excluding hydrogens is 378 g/mol. The summed E-state index contributed by atoms with van der Waals surface area (Å²) in [7, 11) is 0. The number of fused-ring (bicyclic) bond motifs is 1. The van der Waals surface area contributed by atoms with Crippen molar-refractivity contribution < 1.29 is 34.0 Å². The summed E-state index contributed by atoms with van der Waals surface area (Å²) in [6, 6.07) is 8.66. The maximum Gasteiger partial charge on any atom is 0.342 e. The smallest absolute Gasteiger partial charge is 0.342 e. The molecule has 1 aliphatic heterocycles. The van der Waals surface area contributed by atoms with Crippen molar-refractivity contribution in [2.45, 2.75) is 19.9 Å². The molecule has 29 heavy (non-hydrogen) atoms. The molecular formula is C21H23NO7. The van der Waals surface area contributed by atoms with E-state index in [0.29, 0.717) is 24.7 Å². The fourth-order valence-electron chi connectivity index (χ4n) is 3.00. The average molecular weight is 401 g/mol. The number of carbonyl (C=O) groups is 2. The molecule has 1 heterocycles. The summed E-state index contributed by atoms with van der Waals surface area (Å²) in [5.74, 6) is -0.594. The molecule has 1 aliphatic rings. The Morgan fingerprint density at radius 2 is 1.79 bits per heavy atom. The summed E-state index contributed by atoms with van der Waals surface area (Å²) >= 11 is 0. The fourth-order valence-corrected chi connectivity index (χ4v) is 3.00. The third kappa shape index (κ3) is 4.90. The van der Waals surface area contributed by atoms with Gasteiger partial charge in [-0.2, -0.15) is 0 Å². The van der Waals surface area contributed by atoms with E-state index in [-0.39, 0.29) is 23.3 Å². The third-order valence-corrected chi connectivity index (χ3v) is 4.44. The van der Waals surface area contributed by atoms with Crippen molar-refractivity contribution in [3.8, 4) is 23.0 Å². The minimum atomic E-state index is -0.863. The van der Waals surface area contributed by atoms with Crippen molar-refractivity contribution in [1.29, 1.82) is 0 Å². The van der Waals surface area contributed by atoms with Gasteiger partial charge in [-0.15, -0.1) is 0 Å². The molecule has 8 heteroatoms. The Kier molecular flexibility index (Phi) is 6.11.